The molecule has 1 aromatic carbocycles. The molecule has 0 amide bonds. The van der Waals surface area contributed by atoms with Gasteiger partial charge < -0.3 is 15.0 Å². The van der Waals surface area contributed by atoms with Crippen LogP contribution in [0.4, 0.5) is 0 Å². The molecule has 18 heavy (non-hydrogen) atoms. The van der Waals surface area contributed by atoms with Crippen LogP contribution in [0.3, 0.4) is 0 Å². The molecule has 2 rings (SSSR count). The molecular formula is C13H15ClN2O2. The summed E-state index contributed by atoms with van der Waals surface area (Å²) in [5.41, 5.74) is 7.29. The summed E-state index contributed by atoms with van der Waals surface area (Å²) in [5, 5.41) is 4.63. The first-order chi connectivity index (χ1) is 8.76. The van der Waals surface area contributed by atoms with Crippen LogP contribution < -0.4 is 10.5 Å². The van der Waals surface area contributed by atoms with Crippen molar-refractivity contribution in [1.29, 1.82) is 0 Å². The minimum Gasteiger partial charge on any atom is -0.474 e. The normalized spacial score (nSPS) is 10.6. The van der Waals surface area contributed by atoms with Crippen LogP contribution in [0.15, 0.2) is 28.8 Å². The quantitative estimate of drug-likeness (QED) is 0.904. The summed E-state index contributed by atoms with van der Waals surface area (Å²) in [4.78, 5) is 0. The molecule has 5 heteroatoms. The number of rotatable bonds is 5. The van der Waals surface area contributed by atoms with Crippen molar-refractivity contribution in [2.24, 2.45) is 5.73 Å². The van der Waals surface area contributed by atoms with E-state index in [-0.39, 0.29) is 0 Å². The van der Waals surface area contributed by atoms with Gasteiger partial charge >= 0.3 is 0 Å². The highest BCUT2D eigenvalue weighted by Crippen LogP contribution is 2.31. The third-order valence-electron chi connectivity index (χ3n) is 2.57. The van der Waals surface area contributed by atoms with E-state index in [9.17, 15) is 0 Å². The molecule has 0 aliphatic carbocycles. The van der Waals surface area contributed by atoms with Crippen molar-refractivity contribution in [3.63, 3.8) is 0 Å². The summed E-state index contributed by atoms with van der Waals surface area (Å²) < 4.78 is 10.8. The SMILES string of the molecule is CCc1c(OCCN)noc1-c1ccc(Cl)cc1. The van der Waals surface area contributed by atoms with Gasteiger partial charge in [-0.2, -0.15) is 0 Å². The fourth-order valence-electron chi connectivity index (χ4n) is 1.70. The maximum absolute atomic E-state index is 5.86. The van der Waals surface area contributed by atoms with Crippen LogP contribution in [-0.2, 0) is 6.42 Å². The Morgan fingerprint density at radius 3 is 2.67 bits per heavy atom. The first-order valence-electron chi connectivity index (χ1n) is 5.83. The van der Waals surface area contributed by atoms with Gasteiger partial charge in [0.05, 0.1) is 5.56 Å². The van der Waals surface area contributed by atoms with Gasteiger partial charge in [0.1, 0.15) is 6.61 Å². The summed E-state index contributed by atoms with van der Waals surface area (Å²) in [6.07, 6.45) is 0.779. The molecule has 0 aliphatic heterocycles. The van der Waals surface area contributed by atoms with Crippen LogP contribution in [-0.4, -0.2) is 18.3 Å². The van der Waals surface area contributed by atoms with E-state index in [1.54, 1.807) is 0 Å². The zero-order valence-electron chi connectivity index (χ0n) is 10.1. The summed E-state index contributed by atoms with van der Waals surface area (Å²) in [6.45, 7) is 2.91. The van der Waals surface area contributed by atoms with Crippen molar-refractivity contribution in [1.82, 2.24) is 5.16 Å². The molecule has 0 saturated heterocycles. The smallest absolute Gasteiger partial charge is 0.258 e. The van der Waals surface area contributed by atoms with Gasteiger partial charge in [-0.15, -0.1) is 0 Å². The van der Waals surface area contributed by atoms with E-state index in [1.807, 2.05) is 31.2 Å². The lowest BCUT2D eigenvalue weighted by atomic mass is 10.1. The Kier molecular flexibility index (Phi) is 4.23. The van der Waals surface area contributed by atoms with E-state index in [1.165, 1.54) is 0 Å². The molecular weight excluding hydrogens is 252 g/mol. The molecule has 0 unspecified atom stereocenters. The molecule has 96 valence electrons. The first-order valence-corrected chi connectivity index (χ1v) is 6.21. The summed E-state index contributed by atoms with van der Waals surface area (Å²) >= 11 is 5.86. The number of aromatic nitrogens is 1. The Morgan fingerprint density at radius 2 is 2.06 bits per heavy atom. The molecule has 2 aromatic rings. The van der Waals surface area contributed by atoms with Gasteiger partial charge in [0.25, 0.3) is 5.88 Å². The number of hydrogen-bond donors (Lipinski definition) is 1. The molecule has 0 spiro atoms. The van der Waals surface area contributed by atoms with E-state index < -0.39 is 0 Å². The van der Waals surface area contributed by atoms with Crippen molar-refractivity contribution in [3.8, 4) is 17.2 Å². The molecule has 0 aliphatic rings. The lowest BCUT2D eigenvalue weighted by Gasteiger charge is -2.02. The number of benzene rings is 1. The average Bonchev–Trinajstić information content (AvgIpc) is 2.80. The number of ether oxygens (including phenoxy) is 1. The van der Waals surface area contributed by atoms with Gasteiger partial charge in [0.15, 0.2) is 5.76 Å². The highest BCUT2D eigenvalue weighted by molar-refractivity contribution is 6.30. The number of nitrogens with two attached hydrogens (primary N) is 1. The molecule has 0 bridgehead atoms. The van der Waals surface area contributed by atoms with Crippen LogP contribution in [0.5, 0.6) is 5.88 Å². The lowest BCUT2D eigenvalue weighted by Crippen LogP contribution is -2.11. The zero-order valence-corrected chi connectivity index (χ0v) is 10.9. The molecule has 1 aromatic heterocycles. The Balaban J connectivity index is 2.33. The van der Waals surface area contributed by atoms with E-state index in [2.05, 4.69) is 5.16 Å². The maximum Gasteiger partial charge on any atom is 0.258 e. The van der Waals surface area contributed by atoms with Crippen molar-refractivity contribution in [2.75, 3.05) is 13.2 Å². The van der Waals surface area contributed by atoms with Crippen molar-refractivity contribution < 1.29 is 9.26 Å². The highest BCUT2D eigenvalue weighted by Gasteiger charge is 2.17. The third kappa shape index (κ3) is 2.66. The van der Waals surface area contributed by atoms with Crippen LogP contribution in [0.2, 0.25) is 5.02 Å². The van der Waals surface area contributed by atoms with Gasteiger partial charge in [-0.1, -0.05) is 18.5 Å². The summed E-state index contributed by atoms with van der Waals surface area (Å²) in [6, 6.07) is 7.43. The van der Waals surface area contributed by atoms with Gasteiger partial charge in [-0.25, -0.2) is 0 Å². The second-order valence-electron chi connectivity index (χ2n) is 3.79. The van der Waals surface area contributed by atoms with Crippen molar-refractivity contribution in [2.45, 2.75) is 13.3 Å². The molecule has 1 heterocycles. The third-order valence-corrected chi connectivity index (χ3v) is 2.82. The average molecular weight is 267 g/mol. The molecule has 0 atom stereocenters. The molecule has 0 fully saturated rings. The lowest BCUT2D eigenvalue weighted by molar-refractivity contribution is 0.287. The zero-order chi connectivity index (χ0) is 13.0. The largest absolute Gasteiger partial charge is 0.474 e. The van der Waals surface area contributed by atoms with Crippen LogP contribution >= 0.6 is 11.6 Å². The van der Waals surface area contributed by atoms with Gasteiger partial charge in [-0.05, 0) is 35.8 Å². The first kappa shape index (κ1) is 12.9. The number of hydrogen-bond acceptors (Lipinski definition) is 4. The number of nitrogens with zero attached hydrogens (tertiary/aromatic N) is 1. The Hall–Kier alpha value is -1.52. The van der Waals surface area contributed by atoms with Gasteiger partial charge in [0.2, 0.25) is 0 Å². The molecule has 2 N–H and O–H groups in total. The predicted molar refractivity (Wildman–Crippen MR) is 70.9 cm³/mol. The van der Waals surface area contributed by atoms with Crippen LogP contribution in [0, 0.1) is 0 Å². The van der Waals surface area contributed by atoms with E-state index in [0.29, 0.717) is 24.1 Å². The monoisotopic (exact) mass is 266 g/mol. The summed E-state index contributed by atoms with van der Waals surface area (Å²) in [7, 11) is 0. The standard InChI is InChI=1S/C13H15ClN2O2/c1-2-11-12(9-3-5-10(14)6-4-9)18-16-13(11)17-8-7-15/h3-6H,2,7-8,15H2,1H3. The van der Waals surface area contributed by atoms with Gasteiger partial charge in [-0.3, -0.25) is 0 Å². The Labute approximate surface area is 111 Å². The van der Waals surface area contributed by atoms with Crippen LogP contribution in [0.1, 0.15) is 12.5 Å². The highest BCUT2D eigenvalue weighted by atomic mass is 35.5. The summed E-state index contributed by atoms with van der Waals surface area (Å²) in [5.74, 6) is 1.24. The van der Waals surface area contributed by atoms with Crippen molar-refractivity contribution >= 4 is 11.6 Å². The minimum absolute atomic E-state index is 0.430. The number of halogens is 1. The topological polar surface area (TPSA) is 61.3 Å². The second-order valence-corrected chi connectivity index (χ2v) is 4.23. The fraction of sp³-hybridized carbons (Fsp3) is 0.308. The van der Waals surface area contributed by atoms with Crippen molar-refractivity contribution in [3.05, 3.63) is 34.9 Å². The van der Waals surface area contributed by atoms with E-state index >= 15 is 0 Å². The molecule has 0 radical (unpaired) electrons. The fourth-order valence-corrected chi connectivity index (χ4v) is 1.83. The Morgan fingerprint density at radius 1 is 1.33 bits per heavy atom. The Bertz CT molecular complexity index is 508. The van der Waals surface area contributed by atoms with E-state index in [0.717, 1.165) is 23.3 Å². The van der Waals surface area contributed by atoms with E-state index in [4.69, 9.17) is 26.6 Å². The molecule has 4 nitrogen and oxygen atoms in total. The van der Waals surface area contributed by atoms with Gasteiger partial charge in [0, 0.05) is 17.1 Å². The predicted octanol–water partition coefficient (Wildman–Crippen LogP) is 2.89. The van der Waals surface area contributed by atoms with Crippen LogP contribution in [0.25, 0.3) is 11.3 Å². The maximum atomic E-state index is 5.86. The minimum atomic E-state index is 0.430. The molecule has 0 saturated carbocycles. The second kappa shape index (κ2) is 5.89.